The van der Waals surface area contributed by atoms with Crippen LogP contribution in [0.2, 0.25) is 0 Å². The number of H-pyrrole nitrogens is 1. The Morgan fingerprint density at radius 3 is 2.62 bits per heavy atom. The maximum absolute atomic E-state index is 12.8. The Morgan fingerprint density at radius 2 is 1.93 bits per heavy atom. The van der Waals surface area contributed by atoms with Crippen molar-refractivity contribution >= 4 is 17.4 Å². The number of aromatic nitrogens is 4. The van der Waals surface area contributed by atoms with Crippen molar-refractivity contribution < 1.29 is 4.79 Å². The van der Waals surface area contributed by atoms with E-state index >= 15 is 0 Å². The van der Waals surface area contributed by atoms with Gasteiger partial charge in [-0.1, -0.05) is 12.1 Å². The molecule has 29 heavy (non-hydrogen) atoms. The number of hydrogen-bond donors (Lipinski definition) is 2. The number of aromatic amines is 1. The molecular formula is C21H22N6O2. The number of anilines is 2. The lowest BCUT2D eigenvalue weighted by molar-refractivity contribution is -0.120. The Balaban J connectivity index is 1.40. The lowest BCUT2D eigenvalue weighted by Gasteiger charge is -2.32. The lowest BCUT2D eigenvalue weighted by Crippen LogP contribution is -2.41. The summed E-state index contributed by atoms with van der Waals surface area (Å²) in [4.78, 5) is 26.0. The number of carbonyl (C=O) groups is 1. The fourth-order valence-corrected chi connectivity index (χ4v) is 3.43. The minimum Gasteiger partial charge on any atom is -0.354 e. The van der Waals surface area contributed by atoms with E-state index in [1.54, 1.807) is 6.07 Å². The highest BCUT2D eigenvalue weighted by Crippen LogP contribution is 2.23. The smallest absolute Gasteiger partial charge is 0.264 e. The zero-order valence-electron chi connectivity index (χ0n) is 16.1. The van der Waals surface area contributed by atoms with Crippen molar-refractivity contribution in [3.8, 4) is 11.3 Å². The topological polar surface area (TPSA) is 104 Å². The van der Waals surface area contributed by atoms with Crippen molar-refractivity contribution in [1.82, 2.24) is 20.4 Å². The van der Waals surface area contributed by atoms with Crippen LogP contribution in [0.25, 0.3) is 11.3 Å². The molecule has 1 saturated heterocycles. The van der Waals surface area contributed by atoms with Gasteiger partial charge in [0.15, 0.2) is 5.82 Å². The second kappa shape index (κ2) is 8.22. The van der Waals surface area contributed by atoms with Gasteiger partial charge in [0.2, 0.25) is 5.91 Å². The second-order valence-electron chi connectivity index (χ2n) is 7.19. The van der Waals surface area contributed by atoms with E-state index in [1.807, 2.05) is 43.3 Å². The van der Waals surface area contributed by atoms with Crippen LogP contribution >= 0.6 is 0 Å². The molecule has 0 spiro atoms. The predicted molar refractivity (Wildman–Crippen MR) is 111 cm³/mol. The summed E-state index contributed by atoms with van der Waals surface area (Å²) in [7, 11) is 0. The molecule has 8 heteroatoms. The van der Waals surface area contributed by atoms with Crippen LogP contribution < -0.4 is 15.8 Å². The van der Waals surface area contributed by atoms with Gasteiger partial charge < -0.3 is 10.2 Å². The van der Waals surface area contributed by atoms with Crippen LogP contribution in [0.15, 0.2) is 53.3 Å². The second-order valence-corrected chi connectivity index (χ2v) is 7.19. The number of carbonyl (C=O) groups excluding carboxylic acids is 1. The van der Waals surface area contributed by atoms with Gasteiger partial charge in [0.1, 0.15) is 0 Å². The third-order valence-electron chi connectivity index (χ3n) is 5.03. The molecule has 0 saturated carbocycles. The minimum atomic E-state index is -0.240. The first-order chi connectivity index (χ1) is 14.1. The monoisotopic (exact) mass is 390 g/mol. The molecule has 148 valence electrons. The number of nitrogens with one attached hydrogen (secondary N) is 2. The van der Waals surface area contributed by atoms with Gasteiger partial charge in [0.05, 0.1) is 17.3 Å². The summed E-state index contributed by atoms with van der Waals surface area (Å²) in [5, 5.41) is 17.8. The third-order valence-corrected chi connectivity index (χ3v) is 5.03. The van der Waals surface area contributed by atoms with Gasteiger partial charge in [-0.15, -0.1) is 5.10 Å². The van der Waals surface area contributed by atoms with Crippen LogP contribution in [0.4, 0.5) is 11.5 Å². The summed E-state index contributed by atoms with van der Waals surface area (Å²) in [5.74, 6) is 0.711. The molecule has 0 aliphatic carbocycles. The van der Waals surface area contributed by atoms with Crippen molar-refractivity contribution in [2.45, 2.75) is 19.8 Å². The number of aryl methyl sites for hydroxylation is 1. The van der Waals surface area contributed by atoms with Gasteiger partial charge in [-0.05, 0) is 50.1 Å². The van der Waals surface area contributed by atoms with Crippen molar-refractivity contribution in [2.75, 3.05) is 23.3 Å². The fourth-order valence-electron chi connectivity index (χ4n) is 3.43. The quantitative estimate of drug-likeness (QED) is 0.709. The Labute approximate surface area is 168 Å². The number of hydrogen-bond acceptors (Lipinski definition) is 6. The molecule has 1 amide bonds. The number of benzene rings is 1. The molecule has 2 aromatic heterocycles. The summed E-state index contributed by atoms with van der Waals surface area (Å²) < 4.78 is 0. The maximum atomic E-state index is 12.8. The molecule has 1 fully saturated rings. The highest BCUT2D eigenvalue weighted by atomic mass is 16.2. The van der Waals surface area contributed by atoms with E-state index in [2.05, 4.69) is 30.6 Å². The summed E-state index contributed by atoms with van der Waals surface area (Å²) in [6.07, 6.45) is 1.78. The normalized spacial score (nSPS) is 16.4. The molecule has 0 radical (unpaired) electrons. The zero-order chi connectivity index (χ0) is 20.2. The molecule has 3 aromatic rings. The molecule has 3 heterocycles. The van der Waals surface area contributed by atoms with Gasteiger partial charge in [0, 0.05) is 30.4 Å². The zero-order valence-corrected chi connectivity index (χ0v) is 16.1. The van der Waals surface area contributed by atoms with E-state index in [-0.39, 0.29) is 17.4 Å². The summed E-state index contributed by atoms with van der Waals surface area (Å²) in [6.45, 7) is 3.41. The van der Waals surface area contributed by atoms with Gasteiger partial charge >= 0.3 is 0 Å². The largest absolute Gasteiger partial charge is 0.354 e. The fraction of sp³-hybridized carbons (Fsp3) is 0.286. The number of piperidine rings is 1. The molecule has 8 nitrogen and oxygen atoms in total. The van der Waals surface area contributed by atoms with Crippen molar-refractivity contribution in [3.05, 3.63) is 64.6 Å². The third kappa shape index (κ3) is 4.48. The van der Waals surface area contributed by atoms with Crippen LogP contribution in [0, 0.1) is 12.8 Å². The van der Waals surface area contributed by atoms with Gasteiger partial charge in [0.25, 0.3) is 5.56 Å². The lowest BCUT2D eigenvalue weighted by atomic mass is 9.97. The minimum absolute atomic E-state index is 0.00434. The maximum Gasteiger partial charge on any atom is 0.264 e. The highest BCUT2D eigenvalue weighted by Gasteiger charge is 2.26. The van der Waals surface area contributed by atoms with Crippen LogP contribution in [0.1, 0.15) is 18.5 Å². The van der Waals surface area contributed by atoms with E-state index in [9.17, 15) is 9.59 Å². The summed E-state index contributed by atoms with van der Waals surface area (Å²) >= 11 is 0. The van der Waals surface area contributed by atoms with Gasteiger partial charge in [-0.3, -0.25) is 9.59 Å². The first-order valence-corrected chi connectivity index (χ1v) is 9.61. The Morgan fingerprint density at radius 1 is 1.10 bits per heavy atom. The van der Waals surface area contributed by atoms with Crippen molar-refractivity contribution in [1.29, 1.82) is 0 Å². The van der Waals surface area contributed by atoms with Crippen LogP contribution in [-0.2, 0) is 4.79 Å². The van der Waals surface area contributed by atoms with E-state index < -0.39 is 0 Å². The van der Waals surface area contributed by atoms with Crippen molar-refractivity contribution in [3.63, 3.8) is 0 Å². The first-order valence-electron chi connectivity index (χ1n) is 9.61. The Hall–Kier alpha value is -3.55. The van der Waals surface area contributed by atoms with E-state index in [1.165, 1.54) is 6.07 Å². The number of amides is 1. The standard InChI is InChI=1S/C21H22N6O2/c1-14-4-10-19(25-23-14)27-12-2-3-16(13-27)21(29)22-17-7-5-15(6-8-17)18-9-11-20(28)26-24-18/h4-11,16H,2-3,12-13H2,1H3,(H,22,29)(H,26,28). The van der Waals surface area contributed by atoms with Crippen LogP contribution in [-0.4, -0.2) is 39.4 Å². The Kier molecular flexibility index (Phi) is 5.33. The Bertz CT molecular complexity index is 1030. The van der Waals surface area contributed by atoms with E-state index in [0.29, 0.717) is 12.2 Å². The molecule has 1 aliphatic heterocycles. The highest BCUT2D eigenvalue weighted by molar-refractivity contribution is 5.93. The number of nitrogens with zero attached hydrogens (tertiary/aromatic N) is 4. The van der Waals surface area contributed by atoms with Crippen LogP contribution in [0.3, 0.4) is 0 Å². The first kappa shape index (κ1) is 18.8. The molecule has 1 aliphatic rings. The van der Waals surface area contributed by atoms with Crippen LogP contribution in [0.5, 0.6) is 0 Å². The van der Waals surface area contributed by atoms with Crippen molar-refractivity contribution in [2.24, 2.45) is 5.92 Å². The average molecular weight is 390 g/mol. The van der Waals surface area contributed by atoms with Gasteiger partial charge in [-0.2, -0.15) is 10.2 Å². The molecule has 1 aromatic carbocycles. The molecule has 2 N–H and O–H groups in total. The molecule has 4 rings (SSSR count). The summed E-state index contributed by atoms with van der Waals surface area (Å²) in [6, 6.07) is 14.4. The SMILES string of the molecule is Cc1ccc(N2CCCC(C(=O)Nc3ccc(-c4ccc(=O)[nH]n4)cc3)C2)nn1. The summed E-state index contributed by atoms with van der Waals surface area (Å²) in [5.41, 5.74) is 2.90. The van der Waals surface area contributed by atoms with E-state index in [4.69, 9.17) is 0 Å². The number of rotatable bonds is 4. The van der Waals surface area contributed by atoms with Gasteiger partial charge in [-0.25, -0.2) is 5.10 Å². The molecular weight excluding hydrogens is 368 g/mol. The molecule has 1 atom stereocenters. The average Bonchev–Trinajstić information content (AvgIpc) is 2.75. The molecule has 1 unspecified atom stereocenters. The molecule has 0 bridgehead atoms. The predicted octanol–water partition coefficient (Wildman–Crippen LogP) is 2.39. The van der Waals surface area contributed by atoms with E-state index in [0.717, 1.165) is 42.1 Å².